The van der Waals surface area contributed by atoms with Crippen LogP contribution in [0, 0.1) is 17.5 Å². The van der Waals surface area contributed by atoms with Crippen molar-refractivity contribution in [3.63, 3.8) is 0 Å². The number of hydrogen-bond acceptors (Lipinski definition) is 3. The minimum absolute atomic E-state index is 0.239. The highest BCUT2D eigenvalue weighted by molar-refractivity contribution is 5.83. The highest BCUT2D eigenvalue weighted by Crippen LogP contribution is 2.34. The molecule has 26 heavy (non-hydrogen) atoms. The minimum Gasteiger partial charge on any atom is -0.309 e. The van der Waals surface area contributed by atoms with Gasteiger partial charge >= 0.3 is 0 Å². The van der Waals surface area contributed by atoms with Crippen molar-refractivity contribution in [3.05, 3.63) is 88.9 Å². The SMILES string of the molecule is Fc1ccc(C2=CCNCc3c2ccc(-c2cccnn2)c3F)c(F)c1. The molecule has 130 valence electrons. The first-order valence-electron chi connectivity index (χ1n) is 8.11. The van der Waals surface area contributed by atoms with Crippen LogP contribution in [0.5, 0.6) is 0 Å². The molecule has 0 aliphatic carbocycles. The van der Waals surface area contributed by atoms with Gasteiger partial charge in [0.2, 0.25) is 0 Å². The maximum absolute atomic E-state index is 15.2. The predicted molar refractivity (Wildman–Crippen MR) is 92.6 cm³/mol. The van der Waals surface area contributed by atoms with Gasteiger partial charge in [0.25, 0.3) is 0 Å². The fourth-order valence-electron chi connectivity index (χ4n) is 3.13. The molecular formula is C20H14F3N3. The van der Waals surface area contributed by atoms with Gasteiger partial charge in [0, 0.05) is 42.0 Å². The van der Waals surface area contributed by atoms with Crippen LogP contribution in [-0.4, -0.2) is 16.7 Å². The summed E-state index contributed by atoms with van der Waals surface area (Å²) in [5.74, 6) is -1.75. The van der Waals surface area contributed by atoms with Crippen molar-refractivity contribution in [1.82, 2.24) is 15.5 Å². The van der Waals surface area contributed by atoms with E-state index in [1.807, 2.05) is 0 Å². The summed E-state index contributed by atoms with van der Waals surface area (Å²) >= 11 is 0. The lowest BCUT2D eigenvalue weighted by Gasteiger charge is -2.15. The first kappa shape index (κ1) is 16.5. The third kappa shape index (κ3) is 2.88. The zero-order valence-corrected chi connectivity index (χ0v) is 13.6. The predicted octanol–water partition coefficient (Wildman–Crippen LogP) is 4.10. The Morgan fingerprint density at radius 3 is 2.50 bits per heavy atom. The van der Waals surface area contributed by atoms with E-state index in [0.717, 1.165) is 6.07 Å². The lowest BCUT2D eigenvalue weighted by atomic mass is 9.91. The molecule has 0 spiro atoms. The number of nitrogens with one attached hydrogen (secondary N) is 1. The highest BCUT2D eigenvalue weighted by atomic mass is 19.1. The molecule has 1 aliphatic rings. The lowest BCUT2D eigenvalue weighted by Crippen LogP contribution is -2.13. The van der Waals surface area contributed by atoms with Gasteiger partial charge in [-0.3, -0.25) is 0 Å². The van der Waals surface area contributed by atoms with Crippen LogP contribution < -0.4 is 5.32 Å². The van der Waals surface area contributed by atoms with Crippen molar-refractivity contribution in [2.24, 2.45) is 0 Å². The maximum atomic E-state index is 15.2. The van der Waals surface area contributed by atoms with Gasteiger partial charge < -0.3 is 5.32 Å². The standard InChI is InChI=1S/C20H14F3N3/c21-12-3-4-15(18(22)10-12)14-7-9-24-11-17-13(14)5-6-16(20(17)23)19-2-1-8-25-26-19/h1-8,10,24H,9,11H2. The van der Waals surface area contributed by atoms with Crippen molar-refractivity contribution in [1.29, 1.82) is 0 Å². The van der Waals surface area contributed by atoms with E-state index in [-0.39, 0.29) is 12.1 Å². The van der Waals surface area contributed by atoms with Crippen molar-refractivity contribution in [2.75, 3.05) is 6.54 Å². The summed E-state index contributed by atoms with van der Waals surface area (Å²) < 4.78 is 42.7. The van der Waals surface area contributed by atoms with E-state index in [2.05, 4.69) is 15.5 Å². The molecule has 1 N–H and O–H groups in total. The summed E-state index contributed by atoms with van der Waals surface area (Å²) in [6, 6.07) is 10.1. The minimum atomic E-state index is -0.678. The molecule has 0 atom stereocenters. The number of aromatic nitrogens is 2. The average molecular weight is 353 g/mol. The van der Waals surface area contributed by atoms with Crippen LogP contribution in [0.1, 0.15) is 16.7 Å². The third-order valence-corrected chi connectivity index (χ3v) is 4.36. The van der Waals surface area contributed by atoms with Gasteiger partial charge in [0.15, 0.2) is 0 Å². The molecular weight excluding hydrogens is 339 g/mol. The molecule has 0 amide bonds. The number of rotatable bonds is 2. The van der Waals surface area contributed by atoms with Gasteiger partial charge in [0.05, 0.1) is 5.69 Å². The Morgan fingerprint density at radius 2 is 1.73 bits per heavy atom. The largest absolute Gasteiger partial charge is 0.309 e. The van der Waals surface area contributed by atoms with Crippen LogP contribution in [0.25, 0.3) is 16.8 Å². The first-order valence-corrected chi connectivity index (χ1v) is 8.11. The van der Waals surface area contributed by atoms with Crippen molar-refractivity contribution in [2.45, 2.75) is 6.54 Å². The number of halogens is 3. The van der Waals surface area contributed by atoms with Crippen molar-refractivity contribution in [3.8, 4) is 11.3 Å². The van der Waals surface area contributed by atoms with E-state index in [1.165, 1.54) is 18.3 Å². The van der Waals surface area contributed by atoms with E-state index >= 15 is 4.39 Å². The molecule has 0 radical (unpaired) electrons. The second kappa shape index (κ2) is 6.72. The fraction of sp³-hybridized carbons (Fsp3) is 0.100. The smallest absolute Gasteiger partial charge is 0.137 e. The molecule has 1 aliphatic heterocycles. The summed E-state index contributed by atoms with van der Waals surface area (Å²) in [6.07, 6.45) is 3.30. The average Bonchev–Trinajstić information content (AvgIpc) is 2.86. The highest BCUT2D eigenvalue weighted by Gasteiger charge is 2.21. The molecule has 0 saturated heterocycles. The Labute approximate surface area is 148 Å². The molecule has 1 aromatic heterocycles. The summed E-state index contributed by atoms with van der Waals surface area (Å²) in [4.78, 5) is 0. The van der Waals surface area contributed by atoms with E-state index in [4.69, 9.17) is 0 Å². The van der Waals surface area contributed by atoms with Crippen LogP contribution in [0.3, 0.4) is 0 Å². The Kier molecular flexibility index (Phi) is 4.26. The molecule has 4 rings (SSSR count). The fourth-order valence-corrected chi connectivity index (χ4v) is 3.13. The second-order valence-electron chi connectivity index (χ2n) is 5.93. The van der Waals surface area contributed by atoms with Gasteiger partial charge in [-0.15, -0.1) is 0 Å². The quantitative estimate of drug-likeness (QED) is 0.754. The molecule has 0 bridgehead atoms. The Morgan fingerprint density at radius 1 is 0.923 bits per heavy atom. The molecule has 0 fully saturated rings. The Bertz CT molecular complexity index is 1000. The molecule has 6 heteroatoms. The zero-order valence-electron chi connectivity index (χ0n) is 13.6. The Hall–Kier alpha value is -2.99. The Balaban J connectivity index is 1.88. The van der Waals surface area contributed by atoms with E-state index < -0.39 is 17.5 Å². The van der Waals surface area contributed by atoms with Gasteiger partial charge in [0.1, 0.15) is 17.5 Å². The summed E-state index contributed by atoms with van der Waals surface area (Å²) in [6.45, 7) is 0.735. The van der Waals surface area contributed by atoms with Gasteiger partial charge in [-0.25, -0.2) is 13.2 Å². The topological polar surface area (TPSA) is 37.8 Å². The van der Waals surface area contributed by atoms with Crippen LogP contribution >= 0.6 is 0 Å². The summed E-state index contributed by atoms with van der Waals surface area (Å²) in [5.41, 5.74) is 2.52. The van der Waals surface area contributed by atoms with Crippen LogP contribution in [-0.2, 0) is 6.54 Å². The zero-order chi connectivity index (χ0) is 18.1. The first-order chi connectivity index (χ1) is 12.6. The number of benzene rings is 2. The monoisotopic (exact) mass is 353 g/mol. The summed E-state index contributed by atoms with van der Waals surface area (Å²) in [7, 11) is 0. The molecule has 3 aromatic rings. The number of fused-ring (bicyclic) bond motifs is 1. The maximum Gasteiger partial charge on any atom is 0.137 e. The number of hydrogen-bond donors (Lipinski definition) is 1. The number of nitrogens with zero attached hydrogens (tertiary/aromatic N) is 2. The van der Waals surface area contributed by atoms with Gasteiger partial charge in [-0.2, -0.15) is 10.2 Å². The van der Waals surface area contributed by atoms with Crippen LogP contribution in [0.2, 0.25) is 0 Å². The normalized spacial score (nSPS) is 13.7. The third-order valence-electron chi connectivity index (χ3n) is 4.36. The molecule has 0 saturated carbocycles. The van der Waals surface area contributed by atoms with E-state index in [9.17, 15) is 8.78 Å². The van der Waals surface area contributed by atoms with Gasteiger partial charge in [-0.1, -0.05) is 12.1 Å². The molecule has 2 aromatic carbocycles. The second-order valence-corrected chi connectivity index (χ2v) is 5.93. The van der Waals surface area contributed by atoms with Crippen LogP contribution in [0.15, 0.2) is 54.7 Å². The van der Waals surface area contributed by atoms with Crippen molar-refractivity contribution < 1.29 is 13.2 Å². The molecule has 0 unspecified atom stereocenters. The van der Waals surface area contributed by atoms with Crippen molar-refractivity contribution >= 4 is 5.57 Å². The molecule has 3 nitrogen and oxygen atoms in total. The van der Waals surface area contributed by atoms with E-state index in [1.54, 1.807) is 30.3 Å². The van der Waals surface area contributed by atoms with Gasteiger partial charge in [-0.05, 0) is 41.5 Å². The van der Waals surface area contributed by atoms with Crippen LogP contribution in [0.4, 0.5) is 13.2 Å². The summed E-state index contributed by atoms with van der Waals surface area (Å²) in [5, 5.41) is 10.8. The molecule has 2 heterocycles. The van der Waals surface area contributed by atoms with E-state index in [0.29, 0.717) is 34.5 Å². The lowest BCUT2D eigenvalue weighted by molar-refractivity contribution is 0.581.